The molecule has 0 bridgehead atoms. The number of fused-ring (bicyclic) bond motifs is 1. The molecule has 154 valence electrons. The lowest BCUT2D eigenvalue weighted by Gasteiger charge is -2.29. The minimum Gasteiger partial charge on any atom is -0.475 e. The third-order valence-corrected chi connectivity index (χ3v) is 4.96. The van der Waals surface area contributed by atoms with E-state index >= 15 is 0 Å². The summed E-state index contributed by atoms with van der Waals surface area (Å²) >= 11 is 3.57. The number of halogens is 4. The van der Waals surface area contributed by atoms with Crippen molar-refractivity contribution < 1.29 is 23.1 Å². The molecule has 0 fully saturated rings. The van der Waals surface area contributed by atoms with Crippen LogP contribution in [-0.4, -0.2) is 28.1 Å². The number of amidine groups is 1. The average molecular weight is 478 g/mol. The van der Waals surface area contributed by atoms with Crippen LogP contribution >= 0.6 is 15.9 Å². The monoisotopic (exact) mass is 477 g/mol. The van der Waals surface area contributed by atoms with Gasteiger partial charge >= 0.3 is 12.1 Å². The van der Waals surface area contributed by atoms with Crippen molar-refractivity contribution in [1.82, 2.24) is 4.98 Å². The molecule has 9 heteroatoms. The molecule has 0 amide bonds. The van der Waals surface area contributed by atoms with Crippen LogP contribution in [0.3, 0.4) is 0 Å². The molecule has 1 aliphatic heterocycles. The van der Waals surface area contributed by atoms with Gasteiger partial charge in [0.25, 0.3) is 0 Å². The fraction of sp³-hybridized carbons (Fsp3) is 0.0952. The lowest BCUT2D eigenvalue weighted by molar-refractivity contribution is -0.192. The van der Waals surface area contributed by atoms with Gasteiger partial charge < -0.3 is 10.8 Å². The number of aromatic nitrogens is 1. The second-order valence-corrected chi connectivity index (χ2v) is 7.22. The molecule has 3 N–H and O–H groups in total. The van der Waals surface area contributed by atoms with Crippen molar-refractivity contribution in [3.63, 3.8) is 0 Å². The number of pyridine rings is 1. The van der Waals surface area contributed by atoms with E-state index in [4.69, 9.17) is 20.6 Å². The van der Waals surface area contributed by atoms with E-state index in [9.17, 15) is 13.2 Å². The maximum absolute atomic E-state index is 10.6. The van der Waals surface area contributed by atoms with Gasteiger partial charge in [-0.3, -0.25) is 4.98 Å². The van der Waals surface area contributed by atoms with Gasteiger partial charge in [0.2, 0.25) is 0 Å². The Balaban J connectivity index is 0.000000318. The van der Waals surface area contributed by atoms with E-state index in [-0.39, 0.29) is 0 Å². The van der Waals surface area contributed by atoms with Gasteiger partial charge in [-0.15, -0.1) is 0 Å². The van der Waals surface area contributed by atoms with Crippen LogP contribution in [0.25, 0.3) is 0 Å². The zero-order chi connectivity index (χ0) is 21.9. The highest BCUT2D eigenvalue weighted by molar-refractivity contribution is 9.10. The summed E-state index contributed by atoms with van der Waals surface area (Å²) in [7, 11) is 0. The van der Waals surface area contributed by atoms with Gasteiger partial charge in [0.05, 0.1) is 0 Å². The smallest absolute Gasteiger partial charge is 0.475 e. The Labute approximate surface area is 178 Å². The summed E-state index contributed by atoms with van der Waals surface area (Å²) in [6, 6.07) is 20.4. The Morgan fingerprint density at radius 1 is 1.00 bits per heavy atom. The Hall–Kier alpha value is -3.20. The molecule has 5 nitrogen and oxygen atoms in total. The van der Waals surface area contributed by atoms with Crippen molar-refractivity contribution in [2.45, 2.75) is 11.7 Å². The van der Waals surface area contributed by atoms with Crippen LogP contribution in [-0.2, 0) is 10.3 Å². The molecule has 0 spiro atoms. The quantitative estimate of drug-likeness (QED) is 0.569. The van der Waals surface area contributed by atoms with Crippen LogP contribution in [0.15, 0.2) is 82.5 Å². The van der Waals surface area contributed by atoms with Crippen molar-refractivity contribution in [3.05, 3.63) is 99.8 Å². The Kier molecular flexibility index (Phi) is 5.93. The summed E-state index contributed by atoms with van der Waals surface area (Å²) in [5.74, 6) is -2.19. The normalized spacial score (nSPS) is 17.4. The number of rotatable bonds is 2. The van der Waals surface area contributed by atoms with E-state index in [1.54, 1.807) is 12.4 Å². The first-order valence-corrected chi connectivity index (χ1v) is 9.37. The van der Waals surface area contributed by atoms with E-state index in [0.29, 0.717) is 5.84 Å². The van der Waals surface area contributed by atoms with Gasteiger partial charge in [-0.25, -0.2) is 9.79 Å². The van der Waals surface area contributed by atoms with Gasteiger partial charge in [0.1, 0.15) is 11.4 Å². The highest BCUT2D eigenvalue weighted by Gasteiger charge is 2.42. The zero-order valence-electron chi connectivity index (χ0n) is 15.3. The molecule has 1 aliphatic rings. The maximum atomic E-state index is 10.6. The van der Waals surface area contributed by atoms with Gasteiger partial charge in [0, 0.05) is 22.4 Å². The SMILES string of the molecule is NC1=NC(c2ccncc2)(c2cccc(Br)c2)c2ccccc21.O=C(O)C(F)(F)F. The van der Waals surface area contributed by atoms with Crippen LogP contribution in [0.4, 0.5) is 13.2 Å². The minimum absolute atomic E-state index is 0.567. The predicted octanol–water partition coefficient (Wildman–Crippen LogP) is 4.49. The number of hydrogen-bond acceptors (Lipinski definition) is 4. The molecule has 1 atom stereocenters. The van der Waals surface area contributed by atoms with Crippen LogP contribution in [0.2, 0.25) is 0 Å². The van der Waals surface area contributed by atoms with Crippen molar-refractivity contribution in [3.8, 4) is 0 Å². The van der Waals surface area contributed by atoms with Crippen molar-refractivity contribution >= 4 is 27.7 Å². The number of aliphatic carboxylic acids is 1. The van der Waals surface area contributed by atoms with Crippen LogP contribution in [0.1, 0.15) is 22.3 Å². The summed E-state index contributed by atoms with van der Waals surface area (Å²) < 4.78 is 32.8. The largest absolute Gasteiger partial charge is 0.490 e. The highest BCUT2D eigenvalue weighted by atomic mass is 79.9. The lowest BCUT2D eigenvalue weighted by Crippen LogP contribution is -2.25. The second kappa shape index (κ2) is 8.27. The molecule has 4 rings (SSSR count). The van der Waals surface area contributed by atoms with Crippen molar-refractivity contribution in [2.24, 2.45) is 10.7 Å². The van der Waals surface area contributed by atoms with E-state index in [1.807, 2.05) is 42.5 Å². The molecule has 2 heterocycles. The number of hydrogen-bond donors (Lipinski definition) is 2. The van der Waals surface area contributed by atoms with Gasteiger partial charge in [-0.2, -0.15) is 13.2 Å². The summed E-state index contributed by atoms with van der Waals surface area (Å²) in [6.07, 6.45) is -1.50. The lowest BCUT2D eigenvalue weighted by atomic mass is 9.78. The van der Waals surface area contributed by atoms with Crippen LogP contribution < -0.4 is 5.73 Å². The molecule has 0 saturated carbocycles. The number of carbonyl (C=O) groups is 1. The molecular formula is C21H15BrF3N3O2. The Morgan fingerprint density at radius 3 is 2.23 bits per heavy atom. The third-order valence-electron chi connectivity index (χ3n) is 4.46. The van der Waals surface area contributed by atoms with Crippen LogP contribution in [0, 0.1) is 0 Å². The molecular weight excluding hydrogens is 463 g/mol. The average Bonchev–Trinajstić information content (AvgIpc) is 3.02. The first-order valence-electron chi connectivity index (χ1n) is 8.58. The number of nitrogens with zero attached hydrogens (tertiary/aromatic N) is 2. The fourth-order valence-corrected chi connectivity index (χ4v) is 3.64. The van der Waals surface area contributed by atoms with Crippen molar-refractivity contribution in [2.75, 3.05) is 0 Å². The third kappa shape index (κ3) is 4.06. The zero-order valence-corrected chi connectivity index (χ0v) is 16.9. The number of carboxylic acid groups (broad SMARTS) is 1. The molecule has 0 saturated heterocycles. The number of alkyl halides is 3. The first-order chi connectivity index (χ1) is 14.2. The topological polar surface area (TPSA) is 88.6 Å². The van der Waals surface area contributed by atoms with E-state index in [1.165, 1.54) is 0 Å². The molecule has 0 aliphatic carbocycles. The number of aliphatic imine (C=N–C) groups is 1. The summed E-state index contributed by atoms with van der Waals surface area (Å²) in [4.78, 5) is 18.0. The van der Waals surface area contributed by atoms with E-state index in [0.717, 1.165) is 26.7 Å². The molecule has 2 aromatic carbocycles. The fourth-order valence-electron chi connectivity index (χ4n) is 3.24. The number of benzene rings is 2. The maximum Gasteiger partial charge on any atom is 0.490 e. The summed E-state index contributed by atoms with van der Waals surface area (Å²) in [5.41, 5.74) is 9.84. The molecule has 3 aromatic rings. The Morgan fingerprint density at radius 2 is 1.63 bits per heavy atom. The van der Waals surface area contributed by atoms with Crippen LogP contribution in [0.5, 0.6) is 0 Å². The molecule has 0 radical (unpaired) electrons. The van der Waals surface area contributed by atoms with Gasteiger partial charge in [-0.05, 0) is 41.0 Å². The van der Waals surface area contributed by atoms with E-state index in [2.05, 4.69) is 39.1 Å². The van der Waals surface area contributed by atoms with E-state index < -0.39 is 17.7 Å². The Bertz CT molecular complexity index is 1100. The van der Waals surface area contributed by atoms with Crippen molar-refractivity contribution in [1.29, 1.82) is 0 Å². The predicted molar refractivity (Wildman–Crippen MR) is 109 cm³/mol. The summed E-state index contributed by atoms with van der Waals surface area (Å²) in [6.45, 7) is 0. The second-order valence-electron chi connectivity index (χ2n) is 6.30. The summed E-state index contributed by atoms with van der Waals surface area (Å²) in [5, 5.41) is 7.12. The molecule has 1 unspecified atom stereocenters. The van der Waals surface area contributed by atoms with Gasteiger partial charge in [-0.1, -0.05) is 52.3 Å². The minimum atomic E-state index is -5.08. The highest BCUT2D eigenvalue weighted by Crippen LogP contribution is 2.45. The first kappa shape index (κ1) is 21.5. The number of carboxylic acids is 1. The molecule has 30 heavy (non-hydrogen) atoms. The number of nitrogens with two attached hydrogens (primary N) is 1. The standard InChI is InChI=1S/C19H14BrN3.C2HF3O2/c20-15-5-3-4-14(12-15)19(13-8-10-22-11-9-13)17-7-2-1-6-16(17)18(21)23-19;3-2(4,5)1(6)7/h1-12H,(H2,21,23);(H,6,7). The van der Waals surface area contributed by atoms with Gasteiger partial charge in [0.15, 0.2) is 0 Å². The molecule has 1 aromatic heterocycles.